The van der Waals surface area contributed by atoms with Crippen molar-refractivity contribution in [2.24, 2.45) is 5.92 Å². The number of hydrogen-bond donors (Lipinski definition) is 1. The van der Waals surface area contributed by atoms with Crippen LogP contribution in [0.2, 0.25) is 5.02 Å². The van der Waals surface area contributed by atoms with Crippen molar-refractivity contribution >= 4 is 21.4 Å². The molecule has 1 aliphatic heterocycles. The standard InChI is InChI=1S/C14H19ClFNO2S/c1-2-6-17-14(10-5-7-20(18,19)9-10)12-4-3-11(15)8-13(12)16/h3-4,8,10,14,17H,2,5-7,9H2,1H3. The lowest BCUT2D eigenvalue weighted by Crippen LogP contribution is -2.30. The maximum Gasteiger partial charge on any atom is 0.150 e. The molecule has 2 atom stereocenters. The van der Waals surface area contributed by atoms with Crippen LogP contribution in [0.1, 0.15) is 31.4 Å². The first kappa shape index (κ1) is 15.7. The van der Waals surface area contributed by atoms with E-state index in [0.717, 1.165) is 13.0 Å². The first-order valence-electron chi connectivity index (χ1n) is 6.81. The fourth-order valence-electron chi connectivity index (χ4n) is 2.67. The second-order valence-corrected chi connectivity index (χ2v) is 7.93. The number of hydrogen-bond acceptors (Lipinski definition) is 3. The Morgan fingerprint density at radius 3 is 2.80 bits per heavy atom. The summed E-state index contributed by atoms with van der Waals surface area (Å²) in [5, 5.41) is 3.62. The number of sulfone groups is 1. The molecule has 0 amide bonds. The molecule has 0 aliphatic carbocycles. The Balaban J connectivity index is 2.27. The van der Waals surface area contributed by atoms with Gasteiger partial charge in [0.25, 0.3) is 0 Å². The van der Waals surface area contributed by atoms with Crippen LogP contribution in [0.5, 0.6) is 0 Å². The third-order valence-electron chi connectivity index (χ3n) is 3.65. The zero-order valence-electron chi connectivity index (χ0n) is 11.4. The molecule has 1 aliphatic rings. The molecule has 0 bridgehead atoms. The Morgan fingerprint density at radius 1 is 1.50 bits per heavy atom. The third kappa shape index (κ3) is 3.71. The van der Waals surface area contributed by atoms with Gasteiger partial charge in [-0.25, -0.2) is 12.8 Å². The van der Waals surface area contributed by atoms with Crippen LogP contribution in [0.15, 0.2) is 18.2 Å². The smallest absolute Gasteiger partial charge is 0.150 e. The topological polar surface area (TPSA) is 46.2 Å². The highest BCUT2D eigenvalue weighted by Gasteiger charge is 2.35. The summed E-state index contributed by atoms with van der Waals surface area (Å²) >= 11 is 5.77. The Bertz CT molecular complexity index is 577. The molecule has 6 heteroatoms. The van der Waals surface area contributed by atoms with Gasteiger partial charge in [-0.3, -0.25) is 0 Å². The highest BCUT2D eigenvalue weighted by Crippen LogP contribution is 2.33. The Kier molecular flexibility index (Phi) is 5.04. The molecule has 3 nitrogen and oxygen atoms in total. The maximum atomic E-state index is 14.1. The average Bonchev–Trinajstić information content (AvgIpc) is 2.72. The van der Waals surface area contributed by atoms with Crippen molar-refractivity contribution in [1.82, 2.24) is 5.32 Å². The third-order valence-corrected chi connectivity index (χ3v) is 5.68. The average molecular weight is 320 g/mol. The lowest BCUT2D eigenvalue weighted by atomic mass is 9.92. The van der Waals surface area contributed by atoms with E-state index >= 15 is 0 Å². The molecule has 0 spiro atoms. The Labute approximate surface area is 124 Å². The summed E-state index contributed by atoms with van der Waals surface area (Å²) in [6.45, 7) is 2.75. The lowest BCUT2D eigenvalue weighted by molar-refractivity contribution is 0.380. The number of rotatable bonds is 5. The van der Waals surface area contributed by atoms with Crippen LogP contribution in [0.25, 0.3) is 0 Å². The van der Waals surface area contributed by atoms with E-state index in [4.69, 9.17) is 11.6 Å². The van der Waals surface area contributed by atoms with Gasteiger partial charge in [0.2, 0.25) is 0 Å². The Morgan fingerprint density at radius 2 is 2.25 bits per heavy atom. The van der Waals surface area contributed by atoms with Crippen LogP contribution in [0.4, 0.5) is 4.39 Å². The van der Waals surface area contributed by atoms with Crippen LogP contribution in [-0.2, 0) is 9.84 Å². The van der Waals surface area contributed by atoms with Gasteiger partial charge in [-0.05, 0) is 37.4 Å². The molecule has 1 heterocycles. The SMILES string of the molecule is CCCNC(c1ccc(Cl)cc1F)C1CCS(=O)(=O)C1. The van der Waals surface area contributed by atoms with Crippen molar-refractivity contribution in [3.8, 4) is 0 Å². The predicted octanol–water partition coefficient (Wildman–Crippen LogP) is 2.95. The summed E-state index contributed by atoms with van der Waals surface area (Å²) in [5.74, 6) is -0.147. The van der Waals surface area contributed by atoms with Crippen LogP contribution in [0.3, 0.4) is 0 Å². The zero-order chi connectivity index (χ0) is 14.8. The minimum absolute atomic E-state index is 0.0813. The molecule has 1 fully saturated rings. The highest BCUT2D eigenvalue weighted by atomic mass is 35.5. The second-order valence-electron chi connectivity index (χ2n) is 5.26. The van der Waals surface area contributed by atoms with E-state index in [1.807, 2.05) is 6.92 Å². The fraction of sp³-hybridized carbons (Fsp3) is 0.571. The first-order valence-corrected chi connectivity index (χ1v) is 9.01. The second kappa shape index (κ2) is 6.41. The van der Waals surface area contributed by atoms with E-state index in [9.17, 15) is 12.8 Å². The van der Waals surface area contributed by atoms with Crippen molar-refractivity contribution in [2.75, 3.05) is 18.1 Å². The van der Waals surface area contributed by atoms with Gasteiger partial charge < -0.3 is 5.32 Å². The van der Waals surface area contributed by atoms with Crippen LogP contribution < -0.4 is 5.32 Å². The lowest BCUT2D eigenvalue weighted by Gasteiger charge is -2.25. The summed E-state index contributed by atoms with van der Waals surface area (Å²) < 4.78 is 37.4. The molecule has 2 unspecified atom stereocenters. The van der Waals surface area contributed by atoms with E-state index in [1.54, 1.807) is 12.1 Å². The van der Waals surface area contributed by atoms with Crippen LogP contribution >= 0.6 is 11.6 Å². The van der Waals surface area contributed by atoms with Gasteiger partial charge in [0, 0.05) is 16.6 Å². The van der Waals surface area contributed by atoms with Crippen LogP contribution in [0, 0.1) is 11.7 Å². The molecule has 0 radical (unpaired) electrons. The van der Waals surface area contributed by atoms with Crippen molar-refractivity contribution in [3.05, 3.63) is 34.6 Å². The summed E-state index contributed by atoms with van der Waals surface area (Å²) in [6, 6.07) is 4.30. The fourth-order valence-corrected chi connectivity index (χ4v) is 4.67. The van der Waals surface area contributed by atoms with Crippen LogP contribution in [-0.4, -0.2) is 26.5 Å². The molecule has 20 heavy (non-hydrogen) atoms. The van der Waals surface area contributed by atoms with Crippen molar-refractivity contribution in [3.63, 3.8) is 0 Å². The normalized spacial score (nSPS) is 22.9. The van der Waals surface area contributed by atoms with Crippen molar-refractivity contribution < 1.29 is 12.8 Å². The molecule has 1 aromatic rings. The minimum atomic E-state index is -2.98. The van der Waals surface area contributed by atoms with Gasteiger partial charge in [-0.2, -0.15) is 0 Å². The van der Waals surface area contributed by atoms with Gasteiger partial charge in [0.05, 0.1) is 11.5 Å². The molecule has 2 rings (SSSR count). The quantitative estimate of drug-likeness (QED) is 0.907. The molecular formula is C14H19ClFNO2S. The highest BCUT2D eigenvalue weighted by molar-refractivity contribution is 7.91. The number of nitrogens with one attached hydrogen (secondary N) is 1. The first-order chi connectivity index (χ1) is 9.43. The van der Waals surface area contributed by atoms with E-state index < -0.39 is 9.84 Å². The number of halogens is 2. The van der Waals surface area contributed by atoms with Gasteiger partial charge in [-0.15, -0.1) is 0 Å². The van der Waals surface area contributed by atoms with E-state index in [0.29, 0.717) is 17.0 Å². The summed E-state index contributed by atoms with van der Waals surface area (Å²) in [5.41, 5.74) is 0.505. The minimum Gasteiger partial charge on any atom is -0.310 e. The molecule has 112 valence electrons. The van der Waals surface area contributed by atoms with Gasteiger partial charge >= 0.3 is 0 Å². The van der Waals surface area contributed by atoms with E-state index in [2.05, 4.69) is 5.32 Å². The van der Waals surface area contributed by atoms with Crippen molar-refractivity contribution in [2.45, 2.75) is 25.8 Å². The zero-order valence-corrected chi connectivity index (χ0v) is 13.0. The molecule has 1 aromatic carbocycles. The molecule has 1 N–H and O–H groups in total. The largest absolute Gasteiger partial charge is 0.310 e. The monoisotopic (exact) mass is 319 g/mol. The molecule has 0 saturated carbocycles. The molecule has 1 saturated heterocycles. The molecular weight excluding hydrogens is 301 g/mol. The van der Waals surface area contributed by atoms with Gasteiger partial charge in [0.15, 0.2) is 9.84 Å². The van der Waals surface area contributed by atoms with E-state index in [-0.39, 0.29) is 29.3 Å². The summed E-state index contributed by atoms with van der Waals surface area (Å²) in [6.07, 6.45) is 1.48. The number of benzene rings is 1. The predicted molar refractivity (Wildman–Crippen MR) is 79.2 cm³/mol. The summed E-state index contributed by atoms with van der Waals surface area (Å²) in [7, 11) is -2.98. The van der Waals surface area contributed by atoms with Gasteiger partial charge in [0.1, 0.15) is 5.82 Å². The molecule has 0 aromatic heterocycles. The summed E-state index contributed by atoms with van der Waals surface area (Å²) in [4.78, 5) is 0. The van der Waals surface area contributed by atoms with E-state index in [1.165, 1.54) is 6.07 Å². The maximum absolute atomic E-state index is 14.1. The Hall–Kier alpha value is -0.650. The van der Waals surface area contributed by atoms with Crippen molar-refractivity contribution in [1.29, 1.82) is 0 Å². The van der Waals surface area contributed by atoms with Gasteiger partial charge in [-0.1, -0.05) is 24.6 Å².